The summed E-state index contributed by atoms with van der Waals surface area (Å²) in [5.41, 5.74) is 0. The summed E-state index contributed by atoms with van der Waals surface area (Å²) >= 11 is 0. The van der Waals surface area contributed by atoms with Gasteiger partial charge in [-0.15, -0.1) is 0 Å². The molecule has 0 unspecified atom stereocenters. The van der Waals surface area contributed by atoms with Crippen molar-refractivity contribution in [1.29, 1.82) is 0 Å². The summed E-state index contributed by atoms with van der Waals surface area (Å²) in [5, 5.41) is 0. The van der Waals surface area contributed by atoms with E-state index in [1.165, 1.54) is 13.8 Å². The number of rotatable bonds is 1. The topological polar surface area (TPSA) is 0 Å². The van der Waals surface area contributed by atoms with Gasteiger partial charge in [-0.05, 0) is 6.92 Å². The van der Waals surface area contributed by atoms with Gasteiger partial charge in [0, 0.05) is 5.92 Å². The quantitative estimate of drug-likeness (QED) is 0.521. The minimum Gasteiger partial charge on any atom is -0.207 e. The van der Waals surface area contributed by atoms with E-state index in [9.17, 15) is 8.78 Å². The fourth-order valence-electron chi connectivity index (χ4n) is 0. The van der Waals surface area contributed by atoms with Crippen LogP contribution in [0.25, 0.3) is 0 Å². The first kappa shape index (κ1) is 11.6. The highest BCUT2D eigenvalue weighted by Gasteiger charge is 2.25. The zero-order valence-electron chi connectivity index (χ0n) is 6.83. The largest absolute Gasteiger partial charge is 0.247 e. The zero-order chi connectivity index (χ0) is 8.08. The molecule has 0 aromatic rings. The Morgan fingerprint density at radius 1 is 1.11 bits per heavy atom. The van der Waals surface area contributed by atoms with Gasteiger partial charge < -0.3 is 0 Å². The number of halogens is 2. The minimum absolute atomic E-state index is 0.535. The molecular weight excluding hydrogens is 122 g/mol. The summed E-state index contributed by atoms with van der Waals surface area (Å²) in [6.07, 6.45) is 0. The molecule has 0 N–H and O–H groups in total. The van der Waals surface area contributed by atoms with Crippen molar-refractivity contribution in [3.8, 4) is 0 Å². The van der Waals surface area contributed by atoms with Crippen molar-refractivity contribution in [2.75, 3.05) is 0 Å². The van der Waals surface area contributed by atoms with Gasteiger partial charge >= 0.3 is 0 Å². The molecule has 0 aliphatic carbocycles. The average molecular weight is 138 g/mol. The van der Waals surface area contributed by atoms with Gasteiger partial charge in [0.05, 0.1) is 0 Å². The molecule has 58 valence electrons. The lowest BCUT2D eigenvalue weighted by Gasteiger charge is -2.12. The van der Waals surface area contributed by atoms with Gasteiger partial charge in [0.1, 0.15) is 0 Å². The minimum atomic E-state index is -2.50. The van der Waals surface area contributed by atoms with E-state index < -0.39 is 11.8 Å². The molecular formula is C7H16F2. The van der Waals surface area contributed by atoms with Gasteiger partial charge in [0.25, 0.3) is 0 Å². The SMILES string of the molecule is CC.CC(C)C(C)(F)F. The summed E-state index contributed by atoms with van der Waals surface area (Å²) < 4.78 is 23.7. The summed E-state index contributed by atoms with van der Waals surface area (Å²) in [6.45, 7) is 7.93. The molecule has 0 heterocycles. The van der Waals surface area contributed by atoms with E-state index in [0.717, 1.165) is 6.92 Å². The normalized spacial score (nSPS) is 10.7. The van der Waals surface area contributed by atoms with E-state index in [0.29, 0.717) is 0 Å². The Balaban J connectivity index is 0. The molecule has 0 amide bonds. The van der Waals surface area contributed by atoms with Crippen molar-refractivity contribution in [2.45, 2.75) is 40.5 Å². The molecule has 0 aliphatic heterocycles. The van der Waals surface area contributed by atoms with E-state index in [4.69, 9.17) is 0 Å². The first-order chi connectivity index (χ1) is 3.94. The Morgan fingerprint density at radius 3 is 1.22 bits per heavy atom. The Labute approximate surface area is 56.3 Å². The smallest absolute Gasteiger partial charge is 0.207 e. The van der Waals surface area contributed by atoms with Crippen LogP contribution >= 0.6 is 0 Å². The van der Waals surface area contributed by atoms with Gasteiger partial charge in [-0.25, -0.2) is 8.78 Å². The number of hydrogen-bond donors (Lipinski definition) is 0. The maximum atomic E-state index is 11.8. The highest BCUT2D eigenvalue weighted by Crippen LogP contribution is 2.21. The Kier molecular flexibility index (Phi) is 6.09. The molecule has 0 radical (unpaired) electrons. The maximum Gasteiger partial charge on any atom is 0.247 e. The Bertz CT molecular complexity index is 52.4. The third kappa shape index (κ3) is 7.86. The molecule has 0 bridgehead atoms. The summed E-state index contributed by atoms with van der Waals surface area (Å²) in [5.74, 6) is -3.03. The van der Waals surface area contributed by atoms with Crippen LogP contribution < -0.4 is 0 Å². The van der Waals surface area contributed by atoms with Crippen LogP contribution in [0.1, 0.15) is 34.6 Å². The van der Waals surface area contributed by atoms with E-state index >= 15 is 0 Å². The van der Waals surface area contributed by atoms with E-state index in [1.54, 1.807) is 0 Å². The summed E-state index contributed by atoms with van der Waals surface area (Å²) in [7, 11) is 0. The molecule has 0 aromatic heterocycles. The van der Waals surface area contributed by atoms with Crippen molar-refractivity contribution >= 4 is 0 Å². The average Bonchev–Trinajstić information content (AvgIpc) is 1.69. The summed E-state index contributed by atoms with van der Waals surface area (Å²) in [4.78, 5) is 0. The van der Waals surface area contributed by atoms with Crippen LogP contribution in [-0.2, 0) is 0 Å². The molecule has 0 aliphatic rings. The van der Waals surface area contributed by atoms with Gasteiger partial charge in [-0.3, -0.25) is 0 Å². The van der Waals surface area contributed by atoms with Crippen LogP contribution in [-0.4, -0.2) is 5.92 Å². The highest BCUT2D eigenvalue weighted by molar-refractivity contribution is 4.60. The predicted molar refractivity (Wildman–Crippen MR) is 36.8 cm³/mol. The second-order valence-corrected chi connectivity index (χ2v) is 2.11. The first-order valence-electron chi connectivity index (χ1n) is 3.32. The number of hydrogen-bond acceptors (Lipinski definition) is 0. The number of alkyl halides is 2. The van der Waals surface area contributed by atoms with E-state index in [2.05, 4.69) is 0 Å². The van der Waals surface area contributed by atoms with Crippen LogP contribution in [0.4, 0.5) is 8.78 Å². The van der Waals surface area contributed by atoms with Crippen LogP contribution in [0.5, 0.6) is 0 Å². The Morgan fingerprint density at radius 2 is 1.22 bits per heavy atom. The molecule has 0 fully saturated rings. The lowest BCUT2D eigenvalue weighted by molar-refractivity contribution is -0.0251. The second-order valence-electron chi connectivity index (χ2n) is 2.11. The molecule has 0 saturated heterocycles. The van der Waals surface area contributed by atoms with Gasteiger partial charge in [0.15, 0.2) is 0 Å². The van der Waals surface area contributed by atoms with Crippen molar-refractivity contribution < 1.29 is 8.78 Å². The molecule has 0 nitrogen and oxygen atoms in total. The van der Waals surface area contributed by atoms with Gasteiger partial charge in [0.2, 0.25) is 5.92 Å². The van der Waals surface area contributed by atoms with Crippen LogP contribution in [0.3, 0.4) is 0 Å². The molecule has 9 heavy (non-hydrogen) atoms. The molecule has 0 saturated carbocycles. The standard InChI is InChI=1S/C5H10F2.C2H6/c1-4(2)5(3,6)7;1-2/h4H,1-3H3;1-2H3. The van der Waals surface area contributed by atoms with Crippen molar-refractivity contribution in [1.82, 2.24) is 0 Å². The molecule has 0 aromatic carbocycles. The monoisotopic (exact) mass is 138 g/mol. The fraction of sp³-hybridized carbons (Fsp3) is 1.00. The third-order valence-electron chi connectivity index (χ3n) is 1.01. The van der Waals surface area contributed by atoms with Gasteiger partial charge in [-0.1, -0.05) is 27.7 Å². The van der Waals surface area contributed by atoms with Crippen molar-refractivity contribution in [3.05, 3.63) is 0 Å². The molecule has 0 atom stereocenters. The highest BCUT2D eigenvalue weighted by atomic mass is 19.3. The van der Waals surface area contributed by atoms with Gasteiger partial charge in [-0.2, -0.15) is 0 Å². The Hall–Kier alpha value is -0.140. The maximum absolute atomic E-state index is 11.8. The predicted octanol–water partition coefficient (Wildman–Crippen LogP) is 3.32. The van der Waals surface area contributed by atoms with Crippen molar-refractivity contribution in [2.24, 2.45) is 5.92 Å². The molecule has 2 heteroatoms. The fourth-order valence-corrected chi connectivity index (χ4v) is 0. The van der Waals surface area contributed by atoms with E-state index in [-0.39, 0.29) is 0 Å². The molecule has 0 spiro atoms. The molecule has 0 rings (SSSR count). The van der Waals surface area contributed by atoms with E-state index in [1.807, 2.05) is 13.8 Å². The van der Waals surface area contributed by atoms with Crippen LogP contribution in [0, 0.1) is 5.92 Å². The zero-order valence-corrected chi connectivity index (χ0v) is 6.83. The first-order valence-corrected chi connectivity index (χ1v) is 3.32. The van der Waals surface area contributed by atoms with Crippen LogP contribution in [0.2, 0.25) is 0 Å². The lowest BCUT2D eigenvalue weighted by atomic mass is 10.1. The lowest BCUT2D eigenvalue weighted by Crippen LogP contribution is -2.17. The van der Waals surface area contributed by atoms with Crippen molar-refractivity contribution in [3.63, 3.8) is 0 Å². The third-order valence-corrected chi connectivity index (χ3v) is 1.01. The van der Waals surface area contributed by atoms with Crippen LogP contribution in [0.15, 0.2) is 0 Å². The second kappa shape index (κ2) is 4.71. The summed E-state index contributed by atoms with van der Waals surface area (Å²) in [6, 6.07) is 0.